The van der Waals surface area contributed by atoms with Crippen LogP contribution in [-0.2, 0) is 0 Å². The van der Waals surface area contributed by atoms with Crippen molar-refractivity contribution in [3.63, 3.8) is 0 Å². The Morgan fingerprint density at radius 1 is 1.27 bits per heavy atom. The van der Waals surface area contributed by atoms with E-state index in [1.165, 1.54) is 29.9 Å². The summed E-state index contributed by atoms with van der Waals surface area (Å²) in [4.78, 5) is 0. The van der Waals surface area contributed by atoms with Gasteiger partial charge in [0.25, 0.3) is 0 Å². The molecule has 1 aromatic carbocycles. The Labute approximate surface area is 102 Å². The average molecular weight is 243 g/mol. The SMILES string of the molecule is CCSCCCC(CCl)c1ccccc1. The van der Waals surface area contributed by atoms with Crippen LogP contribution >= 0.6 is 23.4 Å². The molecule has 0 spiro atoms. The van der Waals surface area contributed by atoms with E-state index in [2.05, 4.69) is 37.3 Å². The minimum Gasteiger partial charge on any atom is -0.162 e. The molecule has 15 heavy (non-hydrogen) atoms. The van der Waals surface area contributed by atoms with Gasteiger partial charge in [-0.15, -0.1) is 11.6 Å². The Balaban J connectivity index is 2.36. The molecule has 1 aromatic rings. The van der Waals surface area contributed by atoms with E-state index < -0.39 is 0 Å². The van der Waals surface area contributed by atoms with Crippen molar-refractivity contribution in [2.75, 3.05) is 17.4 Å². The van der Waals surface area contributed by atoms with Crippen molar-refractivity contribution in [1.82, 2.24) is 0 Å². The van der Waals surface area contributed by atoms with E-state index >= 15 is 0 Å². The molecule has 0 nitrogen and oxygen atoms in total. The van der Waals surface area contributed by atoms with Gasteiger partial charge in [-0.2, -0.15) is 11.8 Å². The number of halogens is 1. The lowest BCUT2D eigenvalue weighted by Crippen LogP contribution is -2.01. The zero-order valence-electron chi connectivity index (χ0n) is 9.29. The molecular weight excluding hydrogens is 224 g/mol. The van der Waals surface area contributed by atoms with Gasteiger partial charge in [-0.3, -0.25) is 0 Å². The first kappa shape index (κ1) is 12.9. The molecule has 2 heteroatoms. The smallest absolute Gasteiger partial charge is 0.0292 e. The summed E-state index contributed by atoms with van der Waals surface area (Å²) in [5.41, 5.74) is 1.38. The number of benzene rings is 1. The number of thioether (sulfide) groups is 1. The zero-order chi connectivity index (χ0) is 10.9. The highest BCUT2D eigenvalue weighted by Crippen LogP contribution is 2.23. The maximum absolute atomic E-state index is 6.01. The van der Waals surface area contributed by atoms with E-state index in [4.69, 9.17) is 11.6 Å². The number of hydrogen-bond acceptors (Lipinski definition) is 1. The van der Waals surface area contributed by atoms with Gasteiger partial charge in [0.1, 0.15) is 0 Å². The third-order valence-corrected chi connectivity index (χ3v) is 3.86. The van der Waals surface area contributed by atoms with Crippen LogP contribution in [0.2, 0.25) is 0 Å². The van der Waals surface area contributed by atoms with Gasteiger partial charge < -0.3 is 0 Å². The van der Waals surface area contributed by atoms with Crippen molar-refractivity contribution in [3.8, 4) is 0 Å². The van der Waals surface area contributed by atoms with Crippen molar-refractivity contribution >= 4 is 23.4 Å². The Hall–Kier alpha value is -0.140. The highest BCUT2D eigenvalue weighted by Gasteiger charge is 2.08. The van der Waals surface area contributed by atoms with Gasteiger partial charge in [0.15, 0.2) is 0 Å². The molecule has 0 saturated heterocycles. The van der Waals surface area contributed by atoms with Crippen LogP contribution in [0.1, 0.15) is 31.2 Å². The molecule has 0 amide bonds. The summed E-state index contributed by atoms with van der Waals surface area (Å²) < 4.78 is 0. The molecule has 84 valence electrons. The van der Waals surface area contributed by atoms with Gasteiger partial charge in [0.2, 0.25) is 0 Å². The molecule has 0 N–H and O–H groups in total. The van der Waals surface area contributed by atoms with Gasteiger partial charge in [-0.05, 0) is 35.8 Å². The third kappa shape index (κ3) is 4.94. The Morgan fingerprint density at radius 3 is 2.60 bits per heavy atom. The fourth-order valence-electron chi connectivity index (χ4n) is 1.63. The zero-order valence-corrected chi connectivity index (χ0v) is 10.9. The van der Waals surface area contributed by atoms with Crippen LogP contribution in [0, 0.1) is 0 Å². The minimum absolute atomic E-state index is 0.533. The Morgan fingerprint density at radius 2 is 2.00 bits per heavy atom. The third-order valence-electron chi connectivity index (χ3n) is 2.50. The minimum atomic E-state index is 0.533. The highest BCUT2D eigenvalue weighted by atomic mass is 35.5. The summed E-state index contributed by atoms with van der Waals surface area (Å²) in [5.74, 6) is 3.75. The summed E-state index contributed by atoms with van der Waals surface area (Å²) in [7, 11) is 0. The molecule has 0 heterocycles. The largest absolute Gasteiger partial charge is 0.162 e. The quantitative estimate of drug-likeness (QED) is 0.500. The van der Waals surface area contributed by atoms with Crippen LogP contribution in [0.25, 0.3) is 0 Å². The molecule has 0 bridgehead atoms. The van der Waals surface area contributed by atoms with Crippen LogP contribution in [-0.4, -0.2) is 17.4 Å². The number of rotatable bonds is 7. The Bertz CT molecular complexity index is 248. The second-order valence-corrected chi connectivity index (χ2v) is 5.30. The Kier molecular flexibility index (Phi) is 6.95. The van der Waals surface area contributed by atoms with E-state index in [1.807, 2.05) is 11.8 Å². The first-order chi connectivity index (χ1) is 7.38. The van der Waals surface area contributed by atoms with E-state index in [-0.39, 0.29) is 0 Å². The molecule has 0 aliphatic heterocycles. The highest BCUT2D eigenvalue weighted by molar-refractivity contribution is 7.99. The molecule has 1 unspecified atom stereocenters. The lowest BCUT2D eigenvalue weighted by molar-refractivity contribution is 0.674. The van der Waals surface area contributed by atoms with E-state index in [9.17, 15) is 0 Å². The molecule has 0 aliphatic carbocycles. The fraction of sp³-hybridized carbons (Fsp3) is 0.538. The van der Waals surface area contributed by atoms with Crippen molar-refractivity contribution < 1.29 is 0 Å². The van der Waals surface area contributed by atoms with E-state index in [0.717, 1.165) is 5.88 Å². The molecule has 1 atom stereocenters. The van der Waals surface area contributed by atoms with Crippen molar-refractivity contribution in [3.05, 3.63) is 35.9 Å². The van der Waals surface area contributed by atoms with Crippen LogP contribution in [0.15, 0.2) is 30.3 Å². The van der Waals surface area contributed by atoms with Crippen LogP contribution in [0.5, 0.6) is 0 Å². The van der Waals surface area contributed by atoms with E-state index in [1.54, 1.807) is 0 Å². The lowest BCUT2D eigenvalue weighted by Gasteiger charge is -2.13. The van der Waals surface area contributed by atoms with Crippen molar-refractivity contribution in [2.45, 2.75) is 25.7 Å². The molecule has 1 rings (SSSR count). The molecule has 0 saturated carbocycles. The predicted octanol–water partition coefficient (Wildman–Crippen LogP) is 4.54. The lowest BCUT2D eigenvalue weighted by atomic mass is 9.97. The monoisotopic (exact) mass is 242 g/mol. The van der Waals surface area contributed by atoms with Gasteiger partial charge >= 0.3 is 0 Å². The summed E-state index contributed by atoms with van der Waals surface area (Å²) in [6, 6.07) is 10.6. The van der Waals surface area contributed by atoms with Crippen LogP contribution < -0.4 is 0 Å². The second-order valence-electron chi connectivity index (χ2n) is 3.60. The molecule has 0 aromatic heterocycles. The molecular formula is C13H19ClS. The summed E-state index contributed by atoms with van der Waals surface area (Å²) in [6.45, 7) is 2.21. The van der Waals surface area contributed by atoms with E-state index in [0.29, 0.717) is 5.92 Å². The first-order valence-corrected chi connectivity index (χ1v) is 7.26. The van der Waals surface area contributed by atoms with Gasteiger partial charge in [-0.25, -0.2) is 0 Å². The van der Waals surface area contributed by atoms with Gasteiger partial charge in [0.05, 0.1) is 0 Å². The summed E-state index contributed by atoms with van der Waals surface area (Å²) in [6.07, 6.45) is 2.48. The topological polar surface area (TPSA) is 0 Å². The summed E-state index contributed by atoms with van der Waals surface area (Å²) >= 11 is 8.02. The second kappa shape index (κ2) is 8.06. The number of alkyl halides is 1. The normalized spacial score (nSPS) is 12.7. The van der Waals surface area contributed by atoms with Crippen molar-refractivity contribution in [2.24, 2.45) is 0 Å². The standard InChI is InChI=1S/C13H19ClS/c1-2-15-10-6-9-13(11-14)12-7-4-3-5-8-12/h3-5,7-8,13H,2,6,9-11H2,1H3. The fourth-order valence-corrected chi connectivity index (χ4v) is 2.63. The van der Waals surface area contributed by atoms with Crippen LogP contribution in [0.3, 0.4) is 0 Å². The average Bonchev–Trinajstić information content (AvgIpc) is 2.30. The summed E-state index contributed by atoms with van der Waals surface area (Å²) in [5, 5.41) is 0. The maximum Gasteiger partial charge on any atom is 0.0292 e. The molecule has 0 aliphatic rings. The predicted molar refractivity (Wildman–Crippen MR) is 72.1 cm³/mol. The molecule has 0 radical (unpaired) electrons. The van der Waals surface area contributed by atoms with Crippen LogP contribution in [0.4, 0.5) is 0 Å². The van der Waals surface area contributed by atoms with Gasteiger partial charge in [-0.1, -0.05) is 37.3 Å². The van der Waals surface area contributed by atoms with Crippen molar-refractivity contribution in [1.29, 1.82) is 0 Å². The first-order valence-electron chi connectivity index (χ1n) is 5.57. The number of hydrogen-bond donors (Lipinski definition) is 0. The maximum atomic E-state index is 6.01. The molecule has 0 fully saturated rings. The van der Waals surface area contributed by atoms with Gasteiger partial charge in [0, 0.05) is 5.88 Å².